The second kappa shape index (κ2) is 8.02. The van der Waals surface area contributed by atoms with E-state index >= 15 is 0 Å². The molecule has 0 fully saturated rings. The van der Waals surface area contributed by atoms with Gasteiger partial charge in [0.05, 0.1) is 16.7 Å². The van der Waals surface area contributed by atoms with E-state index in [1.54, 1.807) is 19.1 Å². The summed E-state index contributed by atoms with van der Waals surface area (Å²) in [4.78, 5) is 0. The van der Waals surface area contributed by atoms with E-state index in [1.807, 2.05) is 24.3 Å². The van der Waals surface area contributed by atoms with Crippen LogP contribution in [-0.2, 0) is 5.75 Å². The number of thioether (sulfide) groups is 1. The lowest BCUT2D eigenvalue weighted by Gasteiger charge is -2.12. The fourth-order valence-electron chi connectivity index (χ4n) is 1.69. The minimum atomic E-state index is -0.245. The highest BCUT2D eigenvalue weighted by Gasteiger charge is 2.06. The van der Waals surface area contributed by atoms with Gasteiger partial charge in [0.25, 0.3) is 0 Å². The minimum Gasteiger partial charge on any atom is -0.349 e. The molecule has 2 aromatic carbocycles. The largest absolute Gasteiger partial charge is 0.349 e. The van der Waals surface area contributed by atoms with Gasteiger partial charge in [-0.25, -0.2) is 4.39 Å². The summed E-state index contributed by atoms with van der Waals surface area (Å²) in [6.07, 6.45) is 0. The maximum atomic E-state index is 12.9. The molecule has 0 saturated carbocycles. The average Bonchev–Trinajstić information content (AvgIpc) is 2.54. The van der Waals surface area contributed by atoms with E-state index in [0.29, 0.717) is 11.3 Å². The number of nitrogens with zero attached hydrogens (tertiary/aromatic N) is 1. The van der Waals surface area contributed by atoms with Gasteiger partial charge in [-0.2, -0.15) is 5.26 Å². The molecule has 0 saturated heterocycles. The maximum absolute atomic E-state index is 12.9. The number of halogens is 2. The Morgan fingerprint density at radius 3 is 2.41 bits per heavy atom. The first-order valence-electron chi connectivity index (χ1n) is 6.59. The molecule has 0 radical (unpaired) electrons. The second-order valence-corrected chi connectivity index (χ2v) is 6.51. The van der Waals surface area contributed by atoms with Crippen LogP contribution in [0.1, 0.15) is 12.5 Å². The molecule has 0 spiro atoms. The van der Waals surface area contributed by atoms with Crippen LogP contribution in [0, 0.1) is 17.1 Å². The van der Waals surface area contributed by atoms with Crippen LogP contribution in [0.5, 0.6) is 0 Å². The molecule has 2 rings (SSSR count). The highest BCUT2D eigenvalue weighted by molar-refractivity contribution is 9.10. The molecule has 0 aliphatic rings. The summed E-state index contributed by atoms with van der Waals surface area (Å²) in [7, 11) is 0. The molecule has 0 unspecified atom stereocenters. The van der Waals surface area contributed by atoms with Crippen molar-refractivity contribution in [3.63, 3.8) is 0 Å². The van der Waals surface area contributed by atoms with Gasteiger partial charge in [-0.3, -0.25) is 0 Å². The van der Waals surface area contributed by atoms with E-state index in [2.05, 4.69) is 27.3 Å². The Balaban J connectivity index is 2.09. The Kier molecular flexibility index (Phi) is 6.05. The lowest BCUT2D eigenvalue weighted by atomic mass is 10.2. The fourth-order valence-corrected chi connectivity index (χ4v) is 2.91. The highest BCUT2D eigenvalue weighted by Crippen LogP contribution is 2.26. The van der Waals surface area contributed by atoms with Gasteiger partial charge in [0.1, 0.15) is 5.82 Å². The molecule has 0 aliphatic carbocycles. The van der Waals surface area contributed by atoms with E-state index in [9.17, 15) is 4.39 Å². The molecule has 0 heterocycles. The zero-order chi connectivity index (χ0) is 15.9. The smallest absolute Gasteiger partial charge is 0.123 e. The molecule has 0 aromatic heterocycles. The number of nitrogens with one attached hydrogen (secondary N) is 1. The van der Waals surface area contributed by atoms with Crippen molar-refractivity contribution in [1.29, 1.82) is 5.26 Å². The van der Waals surface area contributed by atoms with Gasteiger partial charge in [-0.05, 0) is 48.9 Å². The summed E-state index contributed by atoms with van der Waals surface area (Å²) < 4.78 is 13.9. The van der Waals surface area contributed by atoms with Gasteiger partial charge in [-0.15, -0.1) is 11.8 Å². The predicted molar refractivity (Wildman–Crippen MR) is 93.8 cm³/mol. The minimum absolute atomic E-state index is 0.245. The normalized spacial score (nSPS) is 11.5. The van der Waals surface area contributed by atoms with Crippen LogP contribution in [0.25, 0.3) is 0 Å². The third kappa shape index (κ3) is 4.90. The number of rotatable bonds is 5. The van der Waals surface area contributed by atoms with Crippen molar-refractivity contribution in [1.82, 2.24) is 0 Å². The summed E-state index contributed by atoms with van der Waals surface area (Å²) in [5.74, 6) is 0.420. The number of benzene rings is 2. The molecule has 0 atom stereocenters. The third-order valence-corrected chi connectivity index (χ3v) is 4.61. The Morgan fingerprint density at radius 2 is 1.82 bits per heavy atom. The first-order valence-corrected chi connectivity index (χ1v) is 8.37. The summed E-state index contributed by atoms with van der Waals surface area (Å²) in [6.45, 7) is 1.78. The van der Waals surface area contributed by atoms with Crippen molar-refractivity contribution in [2.45, 2.75) is 12.7 Å². The summed E-state index contributed by atoms with van der Waals surface area (Å²) in [6, 6.07) is 16.3. The molecule has 1 N–H and O–H groups in total. The fraction of sp³-hybridized carbons (Fsp3) is 0.118. The van der Waals surface area contributed by atoms with Gasteiger partial charge < -0.3 is 5.32 Å². The van der Waals surface area contributed by atoms with Gasteiger partial charge in [0.2, 0.25) is 0 Å². The van der Waals surface area contributed by atoms with Crippen molar-refractivity contribution in [3.8, 4) is 6.07 Å². The van der Waals surface area contributed by atoms with Crippen molar-refractivity contribution in [2.24, 2.45) is 0 Å². The van der Waals surface area contributed by atoms with E-state index < -0.39 is 0 Å². The van der Waals surface area contributed by atoms with E-state index in [1.165, 1.54) is 23.9 Å². The number of hydrogen-bond donors (Lipinski definition) is 1. The van der Waals surface area contributed by atoms with Crippen LogP contribution in [0.4, 0.5) is 10.1 Å². The summed E-state index contributed by atoms with van der Waals surface area (Å²) in [5, 5.41) is 13.2. The first kappa shape index (κ1) is 16.6. The van der Waals surface area contributed by atoms with Crippen molar-refractivity contribution in [3.05, 3.63) is 75.0 Å². The predicted octanol–water partition coefficient (Wildman–Crippen LogP) is 5.69. The number of nitriles is 1. The van der Waals surface area contributed by atoms with Crippen LogP contribution in [0.2, 0.25) is 0 Å². The topological polar surface area (TPSA) is 35.8 Å². The molecule has 0 amide bonds. The Labute approximate surface area is 142 Å². The van der Waals surface area contributed by atoms with Crippen LogP contribution in [-0.4, -0.2) is 0 Å². The zero-order valence-electron chi connectivity index (χ0n) is 11.9. The van der Waals surface area contributed by atoms with Gasteiger partial charge in [-0.1, -0.05) is 28.1 Å². The summed E-state index contributed by atoms with van der Waals surface area (Å²) >= 11 is 4.92. The van der Waals surface area contributed by atoms with E-state index in [0.717, 1.165) is 20.8 Å². The zero-order valence-corrected chi connectivity index (χ0v) is 14.3. The van der Waals surface area contributed by atoms with Crippen LogP contribution in [0.3, 0.4) is 0 Å². The highest BCUT2D eigenvalue weighted by atomic mass is 79.9. The SMILES string of the molecule is C/C(C#N)=C(\Nc1ccc(Br)cc1)SCc1ccc(F)cc1. The van der Waals surface area contributed by atoms with Crippen molar-refractivity contribution < 1.29 is 4.39 Å². The number of anilines is 1. The lowest BCUT2D eigenvalue weighted by Crippen LogP contribution is -1.99. The van der Waals surface area contributed by atoms with Gasteiger partial charge >= 0.3 is 0 Å². The Morgan fingerprint density at radius 1 is 1.18 bits per heavy atom. The number of hydrogen-bond acceptors (Lipinski definition) is 3. The molecular weight excluding hydrogens is 363 g/mol. The van der Waals surface area contributed by atoms with Crippen LogP contribution >= 0.6 is 27.7 Å². The molecule has 112 valence electrons. The standard InChI is InChI=1S/C17H14BrFN2S/c1-12(10-20)17(21-16-8-4-14(18)5-9-16)22-11-13-2-6-15(19)7-3-13/h2-9,21H,11H2,1H3/b17-12-. The van der Waals surface area contributed by atoms with Crippen LogP contribution < -0.4 is 5.32 Å². The van der Waals surface area contributed by atoms with Gasteiger partial charge in [0.15, 0.2) is 0 Å². The Bertz CT molecular complexity index is 703. The first-order chi connectivity index (χ1) is 10.6. The molecular formula is C17H14BrFN2S. The monoisotopic (exact) mass is 376 g/mol. The Hall–Kier alpha value is -1.77. The summed E-state index contributed by atoms with van der Waals surface area (Å²) in [5.41, 5.74) is 2.54. The van der Waals surface area contributed by atoms with Crippen molar-refractivity contribution >= 4 is 33.4 Å². The van der Waals surface area contributed by atoms with Gasteiger partial charge in [0, 0.05) is 15.9 Å². The molecule has 0 aliphatic heterocycles. The third-order valence-electron chi connectivity index (χ3n) is 2.91. The van der Waals surface area contributed by atoms with E-state index in [4.69, 9.17) is 5.26 Å². The van der Waals surface area contributed by atoms with Crippen LogP contribution in [0.15, 0.2) is 63.6 Å². The van der Waals surface area contributed by atoms with Crippen molar-refractivity contribution in [2.75, 3.05) is 5.32 Å². The molecule has 2 aromatic rings. The average molecular weight is 377 g/mol. The quantitative estimate of drug-likeness (QED) is 0.680. The molecule has 22 heavy (non-hydrogen) atoms. The molecule has 5 heteroatoms. The number of allylic oxidation sites excluding steroid dienone is 1. The lowest BCUT2D eigenvalue weighted by molar-refractivity contribution is 0.627. The maximum Gasteiger partial charge on any atom is 0.123 e. The second-order valence-electron chi connectivity index (χ2n) is 4.61. The molecule has 0 bridgehead atoms. The molecule has 2 nitrogen and oxygen atoms in total. The van der Waals surface area contributed by atoms with E-state index in [-0.39, 0.29) is 5.82 Å².